The Labute approximate surface area is 109 Å². The maximum atomic E-state index is 10.9. The summed E-state index contributed by atoms with van der Waals surface area (Å²) >= 11 is 5.79. The molecule has 0 spiro atoms. The number of carbonyl (C=O) groups excluding carboxylic acids is 2. The molecule has 98 valence electrons. The Morgan fingerprint density at radius 3 is 2.28 bits per heavy atom. The van der Waals surface area contributed by atoms with Crippen molar-refractivity contribution < 1.29 is 9.59 Å². The van der Waals surface area contributed by atoms with Gasteiger partial charge in [-0.15, -0.1) is 0 Å². The Balaban J connectivity index is 2.80. The normalized spacial score (nSPS) is 10.6. The van der Waals surface area contributed by atoms with Gasteiger partial charge in [-0.1, -0.05) is 11.6 Å². The SMILES string of the molecule is Cc1cc(Cl)nc(CN(CC(N)=O)CC(N)=O)n1. The maximum absolute atomic E-state index is 10.9. The highest BCUT2D eigenvalue weighted by Crippen LogP contribution is 2.08. The van der Waals surface area contributed by atoms with Crippen molar-refractivity contribution >= 4 is 23.4 Å². The number of hydrogen-bond donors (Lipinski definition) is 2. The minimum Gasteiger partial charge on any atom is -0.369 e. The van der Waals surface area contributed by atoms with Gasteiger partial charge < -0.3 is 11.5 Å². The van der Waals surface area contributed by atoms with Gasteiger partial charge in [-0.2, -0.15) is 0 Å². The van der Waals surface area contributed by atoms with Crippen molar-refractivity contribution in [2.45, 2.75) is 13.5 Å². The topological polar surface area (TPSA) is 115 Å². The third kappa shape index (κ3) is 5.07. The average Bonchev–Trinajstić information content (AvgIpc) is 2.12. The molecule has 7 nitrogen and oxygen atoms in total. The second kappa shape index (κ2) is 6.27. The van der Waals surface area contributed by atoms with Crippen LogP contribution in [0.2, 0.25) is 5.15 Å². The molecule has 0 radical (unpaired) electrons. The monoisotopic (exact) mass is 271 g/mol. The first-order valence-electron chi connectivity index (χ1n) is 5.16. The van der Waals surface area contributed by atoms with E-state index in [1.807, 2.05) is 0 Å². The van der Waals surface area contributed by atoms with Crippen molar-refractivity contribution in [3.63, 3.8) is 0 Å². The molecule has 0 atom stereocenters. The molecule has 1 heterocycles. The quantitative estimate of drug-likeness (QED) is 0.658. The van der Waals surface area contributed by atoms with Crippen molar-refractivity contribution in [3.05, 3.63) is 22.7 Å². The van der Waals surface area contributed by atoms with Gasteiger partial charge in [0.15, 0.2) is 0 Å². The Kier molecular flexibility index (Phi) is 4.99. The highest BCUT2D eigenvalue weighted by atomic mass is 35.5. The van der Waals surface area contributed by atoms with Gasteiger partial charge in [-0.05, 0) is 13.0 Å². The van der Waals surface area contributed by atoms with Crippen molar-refractivity contribution in [2.24, 2.45) is 11.5 Å². The van der Waals surface area contributed by atoms with Crippen molar-refractivity contribution in [2.75, 3.05) is 13.1 Å². The van der Waals surface area contributed by atoms with Crippen LogP contribution < -0.4 is 11.5 Å². The highest BCUT2D eigenvalue weighted by Gasteiger charge is 2.13. The van der Waals surface area contributed by atoms with Gasteiger partial charge in [0, 0.05) is 5.69 Å². The lowest BCUT2D eigenvalue weighted by molar-refractivity contribution is -0.122. The molecule has 18 heavy (non-hydrogen) atoms. The molecule has 0 fully saturated rings. The van der Waals surface area contributed by atoms with E-state index in [0.717, 1.165) is 0 Å². The first kappa shape index (κ1) is 14.3. The number of nitrogens with two attached hydrogens (primary N) is 2. The van der Waals surface area contributed by atoms with Crippen LogP contribution in [0.5, 0.6) is 0 Å². The fraction of sp³-hybridized carbons (Fsp3) is 0.400. The van der Waals surface area contributed by atoms with Gasteiger partial charge in [-0.3, -0.25) is 14.5 Å². The molecular weight excluding hydrogens is 258 g/mol. The second-order valence-corrected chi connectivity index (χ2v) is 4.21. The molecule has 1 aromatic rings. The number of rotatable bonds is 6. The van der Waals surface area contributed by atoms with Crippen LogP contribution in [0.1, 0.15) is 11.5 Å². The molecule has 0 bridgehead atoms. The van der Waals surface area contributed by atoms with Gasteiger partial charge in [0.2, 0.25) is 11.8 Å². The number of nitrogens with zero attached hydrogens (tertiary/aromatic N) is 3. The molecule has 8 heteroatoms. The van der Waals surface area contributed by atoms with E-state index in [4.69, 9.17) is 23.1 Å². The third-order valence-corrected chi connectivity index (χ3v) is 2.19. The Hall–Kier alpha value is -1.73. The minimum atomic E-state index is -0.560. The molecule has 0 saturated heterocycles. The summed E-state index contributed by atoms with van der Waals surface area (Å²) in [5.74, 6) is -0.715. The van der Waals surface area contributed by atoms with Gasteiger partial charge in [0.25, 0.3) is 0 Å². The van der Waals surface area contributed by atoms with Gasteiger partial charge in [0.05, 0.1) is 19.6 Å². The zero-order chi connectivity index (χ0) is 13.7. The minimum absolute atomic E-state index is 0.0993. The molecule has 0 unspecified atom stereocenters. The summed E-state index contributed by atoms with van der Waals surface area (Å²) in [7, 11) is 0. The molecule has 1 rings (SSSR count). The molecule has 0 saturated carbocycles. The van der Waals surface area contributed by atoms with Gasteiger partial charge >= 0.3 is 0 Å². The predicted molar refractivity (Wildman–Crippen MR) is 65.4 cm³/mol. The number of primary amides is 2. The van der Waals surface area contributed by atoms with E-state index in [-0.39, 0.29) is 19.6 Å². The largest absolute Gasteiger partial charge is 0.369 e. The van der Waals surface area contributed by atoms with Crippen LogP contribution in [-0.2, 0) is 16.1 Å². The van der Waals surface area contributed by atoms with E-state index in [2.05, 4.69) is 9.97 Å². The molecule has 1 aromatic heterocycles. The zero-order valence-corrected chi connectivity index (χ0v) is 10.6. The maximum Gasteiger partial charge on any atom is 0.231 e. The average molecular weight is 272 g/mol. The Bertz CT molecular complexity index is 429. The standard InChI is InChI=1S/C10H14ClN5O2/c1-6-2-7(11)15-10(14-6)5-16(3-8(12)17)4-9(13)18/h2H,3-5H2,1H3,(H2,12,17)(H2,13,18). The van der Waals surface area contributed by atoms with Gasteiger partial charge in [-0.25, -0.2) is 9.97 Å². The third-order valence-electron chi connectivity index (χ3n) is 1.99. The smallest absolute Gasteiger partial charge is 0.231 e. The van der Waals surface area contributed by atoms with Crippen molar-refractivity contribution in [1.29, 1.82) is 0 Å². The summed E-state index contributed by atoms with van der Waals surface area (Å²) in [5, 5.41) is 0.301. The predicted octanol–water partition coefficient (Wildman–Crippen LogP) is -0.789. The number of aromatic nitrogens is 2. The fourth-order valence-electron chi connectivity index (χ4n) is 1.47. The summed E-state index contributed by atoms with van der Waals surface area (Å²) in [5.41, 5.74) is 10.9. The van der Waals surface area contributed by atoms with E-state index in [9.17, 15) is 9.59 Å². The zero-order valence-electron chi connectivity index (χ0n) is 9.89. The van der Waals surface area contributed by atoms with Crippen molar-refractivity contribution in [1.82, 2.24) is 14.9 Å². The van der Waals surface area contributed by atoms with E-state index in [1.165, 1.54) is 4.90 Å². The summed E-state index contributed by atoms with van der Waals surface area (Å²) in [6, 6.07) is 1.61. The highest BCUT2D eigenvalue weighted by molar-refractivity contribution is 6.29. The number of halogens is 1. The summed E-state index contributed by atoms with van der Waals surface area (Å²) in [6.45, 7) is 1.74. The summed E-state index contributed by atoms with van der Waals surface area (Å²) in [6.07, 6.45) is 0. The first-order chi connectivity index (χ1) is 8.36. The lowest BCUT2D eigenvalue weighted by atomic mass is 10.4. The van der Waals surface area contributed by atoms with E-state index in [1.54, 1.807) is 13.0 Å². The summed E-state index contributed by atoms with van der Waals surface area (Å²) < 4.78 is 0. The molecule has 0 aliphatic rings. The van der Waals surface area contributed by atoms with Crippen molar-refractivity contribution in [3.8, 4) is 0 Å². The number of hydrogen-bond acceptors (Lipinski definition) is 5. The number of aryl methyl sites for hydroxylation is 1. The molecular formula is C10H14ClN5O2. The molecule has 0 aliphatic carbocycles. The van der Waals surface area contributed by atoms with Crippen LogP contribution in [0.15, 0.2) is 6.07 Å². The fourth-order valence-corrected chi connectivity index (χ4v) is 1.72. The van der Waals surface area contributed by atoms with Crippen LogP contribution in [0.3, 0.4) is 0 Å². The van der Waals surface area contributed by atoms with Crippen LogP contribution in [0, 0.1) is 6.92 Å². The van der Waals surface area contributed by atoms with Crippen LogP contribution in [-0.4, -0.2) is 39.8 Å². The number of carbonyl (C=O) groups is 2. The number of amides is 2. The van der Waals surface area contributed by atoms with Crippen LogP contribution in [0.4, 0.5) is 0 Å². The Morgan fingerprint density at radius 1 is 1.28 bits per heavy atom. The molecule has 0 aliphatic heterocycles. The second-order valence-electron chi connectivity index (χ2n) is 3.83. The van der Waals surface area contributed by atoms with Gasteiger partial charge in [0.1, 0.15) is 11.0 Å². The van der Waals surface area contributed by atoms with E-state index >= 15 is 0 Å². The molecule has 0 aromatic carbocycles. The van der Waals surface area contributed by atoms with E-state index < -0.39 is 11.8 Å². The lowest BCUT2D eigenvalue weighted by Gasteiger charge is -2.17. The van der Waals surface area contributed by atoms with Crippen LogP contribution in [0.25, 0.3) is 0 Å². The Morgan fingerprint density at radius 2 is 1.83 bits per heavy atom. The molecule has 4 N–H and O–H groups in total. The van der Waals surface area contributed by atoms with E-state index in [0.29, 0.717) is 16.7 Å². The summed E-state index contributed by atoms with van der Waals surface area (Å²) in [4.78, 5) is 31.4. The first-order valence-corrected chi connectivity index (χ1v) is 5.53. The van der Waals surface area contributed by atoms with Crippen LogP contribution >= 0.6 is 11.6 Å². The molecule has 2 amide bonds. The lowest BCUT2D eigenvalue weighted by Crippen LogP contribution is -2.39.